The van der Waals surface area contributed by atoms with Crippen LogP contribution in [-0.4, -0.2) is 0 Å². The largest absolute Gasteiger partial charge is 0.139 e. The molecule has 6 rings (SSSR count). The Morgan fingerprint density at radius 1 is 0.745 bits per heavy atom. The zero-order chi connectivity index (χ0) is 39.9. The summed E-state index contributed by atoms with van der Waals surface area (Å²) in [5.74, 6) is 0.697. The quantitative estimate of drug-likeness (QED) is 0.104. The highest BCUT2D eigenvalue weighted by atomic mass is 32.1. The smallest absolute Gasteiger partial charge is 0.0352 e. The molecule has 0 amide bonds. The molecule has 0 radical (unpaired) electrons. The number of thiophene rings is 1. The van der Waals surface area contributed by atoms with Crippen LogP contribution in [0.25, 0.3) is 57.7 Å². The van der Waals surface area contributed by atoms with E-state index in [2.05, 4.69) is 196 Å². The maximum atomic E-state index is 4.13. The predicted molar refractivity (Wildman–Crippen MR) is 252 cm³/mol. The van der Waals surface area contributed by atoms with Crippen molar-refractivity contribution in [3.05, 3.63) is 214 Å². The minimum absolute atomic E-state index is 0.697. The van der Waals surface area contributed by atoms with Crippen LogP contribution in [0.4, 0.5) is 0 Å². The Labute approximate surface area is 335 Å². The molecule has 278 valence electrons. The van der Waals surface area contributed by atoms with Gasteiger partial charge >= 0.3 is 0 Å². The maximum Gasteiger partial charge on any atom is 0.0352 e. The maximum absolute atomic E-state index is 4.13. The van der Waals surface area contributed by atoms with Gasteiger partial charge in [0.05, 0.1) is 0 Å². The van der Waals surface area contributed by atoms with E-state index in [1.54, 1.807) is 11.0 Å². The standard InChI is InChI=1S/C38H38.C14H14S.C2H4/c1-8-13-18-35-25-31(10-3)32(11-4)26-36(35)27-33(12-5)34(16-9-2)23-22-30-21-20-29(7)38(24-30)37-19-15-14-17-28(37)6;1-9-6-7-13-12(8-9)11-5-3-4-10(2)14(11)15-13;1-2/h8-27H,1-2,5H2,3-4,6-7H3;3,5-8,10H,4H2,1-2H3;1-2H2/b18-13-,23-22+,31-10-,32-11-,33-27+,34-16+;;. The normalized spacial score (nSPS) is 14.7. The molecule has 0 saturated heterocycles. The molecule has 1 aliphatic rings. The summed E-state index contributed by atoms with van der Waals surface area (Å²) < 4.78 is 1.43. The summed E-state index contributed by atoms with van der Waals surface area (Å²) in [5.41, 5.74) is 13.4. The van der Waals surface area contributed by atoms with Gasteiger partial charge in [0.1, 0.15) is 0 Å². The van der Waals surface area contributed by atoms with Crippen LogP contribution in [0.1, 0.15) is 76.9 Å². The lowest BCUT2D eigenvalue weighted by molar-refractivity contribution is 0.791. The van der Waals surface area contributed by atoms with Gasteiger partial charge in [-0.15, -0.1) is 24.5 Å². The Hall–Kier alpha value is -5.76. The summed E-state index contributed by atoms with van der Waals surface area (Å²) in [5, 5.41) is 3.85. The van der Waals surface area contributed by atoms with Crippen molar-refractivity contribution in [3.63, 3.8) is 0 Å². The Balaban J connectivity index is 0.000000324. The van der Waals surface area contributed by atoms with E-state index in [1.165, 1.54) is 60.3 Å². The first-order valence-corrected chi connectivity index (χ1v) is 19.8. The first-order chi connectivity index (χ1) is 26.7. The van der Waals surface area contributed by atoms with E-state index in [4.69, 9.17) is 0 Å². The number of fused-ring (bicyclic) bond motifs is 3. The van der Waals surface area contributed by atoms with E-state index in [-0.39, 0.29) is 0 Å². The van der Waals surface area contributed by atoms with Gasteiger partial charge in [-0.1, -0.05) is 148 Å². The molecule has 1 atom stereocenters. The van der Waals surface area contributed by atoms with Crippen LogP contribution >= 0.6 is 11.3 Å². The third-order valence-corrected chi connectivity index (χ3v) is 11.2. The Kier molecular flexibility index (Phi) is 15.7. The van der Waals surface area contributed by atoms with Crippen LogP contribution in [0.15, 0.2) is 159 Å². The molecule has 0 fully saturated rings. The summed E-state index contributed by atoms with van der Waals surface area (Å²) >= 11 is 1.97. The molecule has 0 bridgehead atoms. The van der Waals surface area contributed by atoms with Gasteiger partial charge in [0.15, 0.2) is 0 Å². The monoisotopic (exact) mass is 736 g/mol. The van der Waals surface area contributed by atoms with Gasteiger partial charge < -0.3 is 0 Å². The summed E-state index contributed by atoms with van der Waals surface area (Å²) in [7, 11) is 0. The van der Waals surface area contributed by atoms with Crippen LogP contribution in [0.5, 0.6) is 0 Å². The van der Waals surface area contributed by atoms with E-state index in [0.717, 1.165) is 27.8 Å². The highest BCUT2D eigenvalue weighted by molar-refractivity contribution is 7.19. The number of aryl methyl sites for hydroxylation is 3. The first kappa shape index (κ1) is 42.0. The molecule has 0 N–H and O–H groups in total. The van der Waals surface area contributed by atoms with Gasteiger partial charge in [-0.2, -0.15) is 0 Å². The van der Waals surface area contributed by atoms with E-state index in [9.17, 15) is 0 Å². The molecule has 0 spiro atoms. The molecule has 1 heteroatoms. The van der Waals surface area contributed by atoms with Crippen LogP contribution in [0, 0.1) is 20.8 Å². The summed E-state index contributed by atoms with van der Waals surface area (Å²) in [6, 6.07) is 26.4. The molecule has 1 heterocycles. The van der Waals surface area contributed by atoms with E-state index >= 15 is 0 Å². The van der Waals surface area contributed by atoms with Crippen LogP contribution < -0.4 is 10.4 Å². The van der Waals surface area contributed by atoms with Crippen molar-refractivity contribution in [2.24, 2.45) is 0 Å². The van der Waals surface area contributed by atoms with Crippen LogP contribution in [-0.2, 0) is 0 Å². The Morgan fingerprint density at radius 3 is 2.13 bits per heavy atom. The number of rotatable bonds is 9. The first-order valence-electron chi connectivity index (χ1n) is 19.0. The molecule has 0 saturated carbocycles. The van der Waals surface area contributed by atoms with Crippen LogP contribution in [0.3, 0.4) is 0 Å². The molecule has 4 aromatic carbocycles. The fourth-order valence-corrected chi connectivity index (χ4v) is 8.03. The second-order valence-corrected chi connectivity index (χ2v) is 14.7. The number of allylic oxidation sites excluding steroid dienone is 9. The van der Waals surface area contributed by atoms with Crippen molar-refractivity contribution in [3.8, 4) is 11.1 Å². The second-order valence-electron chi connectivity index (χ2n) is 13.6. The van der Waals surface area contributed by atoms with E-state index < -0.39 is 0 Å². The van der Waals surface area contributed by atoms with Gasteiger partial charge in [-0.25, -0.2) is 0 Å². The van der Waals surface area contributed by atoms with Gasteiger partial charge in [0.2, 0.25) is 0 Å². The van der Waals surface area contributed by atoms with E-state index in [1.807, 2.05) is 35.6 Å². The van der Waals surface area contributed by atoms with E-state index in [0.29, 0.717) is 5.92 Å². The highest BCUT2D eigenvalue weighted by Gasteiger charge is 2.18. The minimum Gasteiger partial charge on any atom is -0.139 e. The average Bonchev–Trinajstić information content (AvgIpc) is 3.58. The summed E-state index contributed by atoms with van der Waals surface area (Å²) in [6.07, 6.45) is 28.2. The molecule has 55 heavy (non-hydrogen) atoms. The van der Waals surface area contributed by atoms with Gasteiger partial charge in [0.25, 0.3) is 0 Å². The van der Waals surface area contributed by atoms with Gasteiger partial charge in [-0.3, -0.25) is 0 Å². The van der Waals surface area contributed by atoms with Gasteiger partial charge in [0, 0.05) is 15.0 Å². The van der Waals surface area contributed by atoms with Crippen molar-refractivity contribution >= 4 is 57.9 Å². The molecule has 1 unspecified atom stereocenters. The number of hydrogen-bond acceptors (Lipinski definition) is 1. The molecule has 1 aromatic heterocycles. The molecule has 1 aliphatic carbocycles. The van der Waals surface area contributed by atoms with Crippen molar-refractivity contribution < 1.29 is 0 Å². The summed E-state index contributed by atoms with van der Waals surface area (Å²) in [4.78, 5) is 1.57. The fraction of sp³-hybridized carbons (Fsp3) is 0.148. The average molecular weight is 737 g/mol. The molecule has 0 nitrogen and oxygen atoms in total. The lowest BCUT2D eigenvalue weighted by Gasteiger charge is -2.12. The third kappa shape index (κ3) is 10.5. The third-order valence-electron chi connectivity index (χ3n) is 9.77. The van der Waals surface area contributed by atoms with Crippen LogP contribution in [0.2, 0.25) is 0 Å². The highest BCUT2D eigenvalue weighted by Crippen LogP contribution is 2.41. The van der Waals surface area contributed by atoms with Crippen molar-refractivity contribution in [2.45, 2.75) is 53.9 Å². The Morgan fingerprint density at radius 2 is 1.45 bits per heavy atom. The summed E-state index contributed by atoms with van der Waals surface area (Å²) in [6.45, 7) is 30.9. The zero-order valence-electron chi connectivity index (χ0n) is 33.7. The number of benzene rings is 4. The molecular formula is C54H56S. The fourth-order valence-electron chi connectivity index (χ4n) is 6.79. The lowest BCUT2D eigenvalue weighted by Crippen LogP contribution is -2.24. The molecular weight excluding hydrogens is 681 g/mol. The Bertz CT molecular complexity index is 2450. The predicted octanol–water partition coefficient (Wildman–Crippen LogP) is 14.7. The zero-order valence-corrected chi connectivity index (χ0v) is 34.5. The van der Waals surface area contributed by atoms with Crippen molar-refractivity contribution in [1.29, 1.82) is 0 Å². The minimum atomic E-state index is 0.697. The lowest BCUT2D eigenvalue weighted by atomic mass is 9.94. The molecule has 5 aromatic rings. The molecule has 0 aliphatic heterocycles. The topological polar surface area (TPSA) is 0 Å². The number of hydrogen-bond donors (Lipinski definition) is 0. The van der Waals surface area contributed by atoms with Crippen molar-refractivity contribution in [2.75, 3.05) is 0 Å². The van der Waals surface area contributed by atoms with Crippen molar-refractivity contribution in [1.82, 2.24) is 0 Å². The van der Waals surface area contributed by atoms with Gasteiger partial charge in [-0.05, 0) is 149 Å². The SMILES string of the molecule is C=C.C=C/C=C\c1cc(=C/C)/c(=C\C)cc1/C=C(C=C)/C(/C=C/c1ccc(C)c(-c2ccccc2C)c1)=C/C=C.Cc1ccc2sc3c(c2c1)C=CCC3C. The second kappa shape index (κ2) is 20.6.